The zero-order chi connectivity index (χ0) is 16.8. The number of ether oxygens (including phenoxy) is 2. The summed E-state index contributed by atoms with van der Waals surface area (Å²) < 4.78 is 32.8. The topological polar surface area (TPSA) is 93.7 Å². The Labute approximate surface area is 129 Å². The van der Waals surface area contributed by atoms with Gasteiger partial charge in [0.05, 0.1) is 5.56 Å². The lowest BCUT2D eigenvalue weighted by Crippen LogP contribution is -2.42. The van der Waals surface area contributed by atoms with E-state index in [4.69, 9.17) is 4.74 Å². The van der Waals surface area contributed by atoms with Crippen LogP contribution in [0.2, 0.25) is 0 Å². The van der Waals surface area contributed by atoms with Crippen molar-refractivity contribution in [3.8, 4) is 5.75 Å². The highest BCUT2D eigenvalue weighted by Gasteiger charge is 2.24. The van der Waals surface area contributed by atoms with Crippen LogP contribution >= 0.6 is 0 Å². The number of esters is 1. The largest absolute Gasteiger partial charge is 0.452 e. The summed E-state index contributed by atoms with van der Waals surface area (Å²) in [6.07, 6.45) is 1.75. The van der Waals surface area contributed by atoms with Crippen LogP contribution < -0.4 is 15.4 Å². The minimum Gasteiger partial charge on any atom is -0.452 e. The van der Waals surface area contributed by atoms with Crippen molar-refractivity contribution in [2.75, 3.05) is 6.61 Å². The third-order valence-corrected chi connectivity index (χ3v) is 2.82. The SMILES string of the molecule is O=C(COC(=O)c1ccc(OC(F)F)cc1)NC(=O)NC1CC1. The number of imide groups is 1. The number of nitrogens with one attached hydrogen (secondary N) is 2. The lowest BCUT2D eigenvalue weighted by atomic mass is 10.2. The van der Waals surface area contributed by atoms with Crippen LogP contribution in [-0.2, 0) is 9.53 Å². The number of urea groups is 1. The van der Waals surface area contributed by atoms with E-state index in [0.29, 0.717) is 0 Å². The molecule has 0 aromatic heterocycles. The molecule has 23 heavy (non-hydrogen) atoms. The van der Waals surface area contributed by atoms with Gasteiger partial charge < -0.3 is 14.8 Å². The number of benzene rings is 1. The number of carbonyl (C=O) groups is 3. The third-order valence-electron chi connectivity index (χ3n) is 2.82. The molecule has 0 aliphatic heterocycles. The van der Waals surface area contributed by atoms with Gasteiger partial charge in [0.25, 0.3) is 5.91 Å². The van der Waals surface area contributed by atoms with Gasteiger partial charge in [-0.25, -0.2) is 9.59 Å². The summed E-state index contributed by atoms with van der Waals surface area (Å²) in [5, 5.41) is 4.56. The fraction of sp³-hybridized carbons (Fsp3) is 0.357. The molecule has 2 N–H and O–H groups in total. The molecule has 1 saturated carbocycles. The molecule has 1 aromatic carbocycles. The highest BCUT2D eigenvalue weighted by molar-refractivity contribution is 5.97. The Morgan fingerprint density at radius 1 is 1.17 bits per heavy atom. The van der Waals surface area contributed by atoms with E-state index < -0.39 is 31.1 Å². The number of alkyl halides is 2. The first-order valence-electron chi connectivity index (χ1n) is 6.76. The minimum absolute atomic E-state index is 0.0573. The Morgan fingerprint density at radius 2 is 1.83 bits per heavy atom. The Bertz CT molecular complexity index is 587. The zero-order valence-electron chi connectivity index (χ0n) is 11.9. The van der Waals surface area contributed by atoms with Crippen LogP contribution in [0.1, 0.15) is 23.2 Å². The lowest BCUT2D eigenvalue weighted by molar-refractivity contribution is -0.123. The van der Waals surface area contributed by atoms with Crippen molar-refractivity contribution in [3.05, 3.63) is 29.8 Å². The van der Waals surface area contributed by atoms with Crippen LogP contribution in [-0.4, -0.2) is 37.2 Å². The van der Waals surface area contributed by atoms with Gasteiger partial charge in [0.15, 0.2) is 6.61 Å². The van der Waals surface area contributed by atoms with E-state index in [1.165, 1.54) is 24.3 Å². The van der Waals surface area contributed by atoms with Gasteiger partial charge >= 0.3 is 18.6 Å². The maximum absolute atomic E-state index is 12.0. The van der Waals surface area contributed by atoms with Gasteiger partial charge in [-0.2, -0.15) is 8.78 Å². The number of halogens is 2. The molecular formula is C14H14F2N2O5. The van der Waals surface area contributed by atoms with E-state index in [1.54, 1.807) is 0 Å². The second-order valence-electron chi connectivity index (χ2n) is 4.77. The molecular weight excluding hydrogens is 314 g/mol. The molecule has 0 radical (unpaired) electrons. The van der Waals surface area contributed by atoms with Crippen LogP contribution in [0.3, 0.4) is 0 Å². The molecule has 1 aliphatic rings. The quantitative estimate of drug-likeness (QED) is 0.771. The molecule has 1 aliphatic carbocycles. The van der Waals surface area contributed by atoms with Gasteiger partial charge in [-0.1, -0.05) is 0 Å². The predicted octanol–water partition coefficient (Wildman–Crippen LogP) is 1.43. The van der Waals surface area contributed by atoms with Crippen LogP contribution in [0, 0.1) is 0 Å². The number of hydrogen-bond donors (Lipinski definition) is 2. The van der Waals surface area contributed by atoms with Gasteiger partial charge in [0.1, 0.15) is 5.75 Å². The summed E-state index contributed by atoms with van der Waals surface area (Å²) in [7, 11) is 0. The molecule has 0 heterocycles. The van der Waals surface area contributed by atoms with E-state index >= 15 is 0 Å². The standard InChI is InChI=1S/C14H14F2N2O5/c15-13(16)23-10-5-1-8(2-6-10)12(20)22-7-11(19)18-14(21)17-9-3-4-9/h1-2,5-6,9,13H,3-4,7H2,(H2,17,18,19,21). The van der Waals surface area contributed by atoms with E-state index in [0.717, 1.165) is 12.8 Å². The van der Waals surface area contributed by atoms with Gasteiger partial charge in [-0.3, -0.25) is 10.1 Å². The Balaban J connectivity index is 1.74. The predicted molar refractivity (Wildman–Crippen MR) is 73.1 cm³/mol. The molecule has 0 bridgehead atoms. The maximum Gasteiger partial charge on any atom is 0.387 e. The molecule has 0 atom stereocenters. The molecule has 0 saturated heterocycles. The van der Waals surface area contributed by atoms with Crippen molar-refractivity contribution in [3.63, 3.8) is 0 Å². The fourth-order valence-electron chi connectivity index (χ4n) is 1.60. The van der Waals surface area contributed by atoms with Gasteiger partial charge in [0.2, 0.25) is 0 Å². The highest BCUT2D eigenvalue weighted by Crippen LogP contribution is 2.18. The summed E-state index contributed by atoms with van der Waals surface area (Å²) in [6.45, 7) is -3.59. The highest BCUT2D eigenvalue weighted by atomic mass is 19.3. The molecule has 0 unspecified atom stereocenters. The molecule has 1 fully saturated rings. The van der Waals surface area contributed by atoms with Crippen molar-refractivity contribution in [2.24, 2.45) is 0 Å². The van der Waals surface area contributed by atoms with Gasteiger partial charge in [-0.15, -0.1) is 0 Å². The van der Waals surface area contributed by atoms with E-state index in [9.17, 15) is 23.2 Å². The first-order valence-corrected chi connectivity index (χ1v) is 6.76. The number of hydrogen-bond acceptors (Lipinski definition) is 5. The monoisotopic (exact) mass is 328 g/mol. The first-order chi connectivity index (χ1) is 10.9. The van der Waals surface area contributed by atoms with Gasteiger partial charge in [0, 0.05) is 6.04 Å². The average molecular weight is 328 g/mol. The summed E-state index contributed by atoms with van der Waals surface area (Å²) in [6, 6.07) is 4.24. The number of rotatable bonds is 6. The van der Waals surface area contributed by atoms with Crippen molar-refractivity contribution in [2.45, 2.75) is 25.5 Å². The van der Waals surface area contributed by atoms with Crippen molar-refractivity contribution in [1.29, 1.82) is 0 Å². The number of amides is 3. The molecule has 0 spiro atoms. The summed E-state index contributed by atoms with van der Waals surface area (Å²) in [5.74, 6) is -1.70. The fourth-order valence-corrected chi connectivity index (χ4v) is 1.60. The summed E-state index contributed by atoms with van der Waals surface area (Å²) in [4.78, 5) is 34.4. The molecule has 7 nitrogen and oxygen atoms in total. The number of carbonyl (C=O) groups excluding carboxylic acids is 3. The molecule has 2 rings (SSSR count). The van der Waals surface area contributed by atoms with E-state index in [-0.39, 0.29) is 17.4 Å². The average Bonchev–Trinajstić information content (AvgIpc) is 3.28. The van der Waals surface area contributed by atoms with Crippen molar-refractivity contribution in [1.82, 2.24) is 10.6 Å². The Kier molecular flexibility index (Phi) is 5.45. The summed E-state index contributed by atoms with van der Waals surface area (Å²) >= 11 is 0. The van der Waals surface area contributed by atoms with E-state index in [2.05, 4.69) is 10.1 Å². The molecule has 3 amide bonds. The Morgan fingerprint density at radius 3 is 2.39 bits per heavy atom. The van der Waals surface area contributed by atoms with Crippen LogP contribution in [0.15, 0.2) is 24.3 Å². The van der Waals surface area contributed by atoms with Crippen LogP contribution in [0.5, 0.6) is 5.75 Å². The van der Waals surface area contributed by atoms with Crippen molar-refractivity contribution >= 4 is 17.9 Å². The second kappa shape index (κ2) is 7.52. The lowest BCUT2D eigenvalue weighted by Gasteiger charge is -2.07. The zero-order valence-corrected chi connectivity index (χ0v) is 11.9. The van der Waals surface area contributed by atoms with Crippen LogP contribution in [0.25, 0.3) is 0 Å². The van der Waals surface area contributed by atoms with E-state index in [1.807, 2.05) is 5.32 Å². The third kappa shape index (κ3) is 5.89. The molecule has 124 valence electrons. The maximum atomic E-state index is 12.0. The normalized spacial score (nSPS) is 13.3. The summed E-state index contributed by atoms with van der Waals surface area (Å²) in [5.41, 5.74) is 0.0573. The van der Waals surface area contributed by atoms with Crippen molar-refractivity contribution < 1.29 is 32.6 Å². The molecule has 1 aromatic rings. The smallest absolute Gasteiger partial charge is 0.387 e. The van der Waals surface area contributed by atoms with Crippen LogP contribution in [0.4, 0.5) is 13.6 Å². The minimum atomic E-state index is -2.96. The second-order valence-corrected chi connectivity index (χ2v) is 4.77. The first kappa shape index (κ1) is 16.7. The van der Waals surface area contributed by atoms with Gasteiger partial charge in [-0.05, 0) is 37.1 Å². The molecule has 9 heteroatoms. The Hall–Kier alpha value is -2.71.